The Morgan fingerprint density at radius 2 is 0.483 bits per heavy atom. The smallest absolute Gasteiger partial charge is 0.0351 e. The molecule has 0 amide bonds. The number of unbranched alkanes of at least 4 members (excludes halogenated alkanes) is 23. The molecule has 0 radical (unpaired) electrons. The van der Waals surface area contributed by atoms with E-state index < -0.39 is 0 Å². The number of hydrogen-bond donors (Lipinski definition) is 0. The van der Waals surface area contributed by atoms with Crippen LogP contribution in [-0.2, 0) is 0 Å². The lowest BCUT2D eigenvalue weighted by atomic mass is 10.0. The normalized spacial score (nSPS) is 11.7. The van der Waals surface area contributed by atoms with Crippen LogP contribution in [0.4, 0.5) is 0 Å². The Morgan fingerprint density at radius 1 is 0.276 bits per heavy atom. The van der Waals surface area contributed by atoms with Crippen LogP contribution in [0.2, 0.25) is 0 Å². The van der Waals surface area contributed by atoms with Crippen LogP contribution in [0.3, 0.4) is 0 Å². The van der Waals surface area contributed by atoms with Gasteiger partial charge in [-0.3, -0.25) is 0 Å². The van der Waals surface area contributed by atoms with E-state index in [1.54, 1.807) is 0 Å². The van der Waals surface area contributed by atoms with Gasteiger partial charge in [-0.1, -0.05) is 161 Å². The van der Waals surface area contributed by atoms with Crippen molar-refractivity contribution in [3.05, 3.63) is 12.2 Å². The second-order valence-corrected chi connectivity index (χ2v) is 9.47. The molecule has 0 aromatic heterocycles. The molecule has 29 heavy (non-hydrogen) atoms. The van der Waals surface area contributed by atoms with E-state index in [4.69, 9.17) is 0 Å². The summed E-state index contributed by atoms with van der Waals surface area (Å²) in [6, 6.07) is 0. The highest BCUT2D eigenvalue weighted by Gasteiger charge is 1.95. The minimum absolute atomic E-state index is 1.31. The minimum Gasteiger partial charge on any atom is -0.0885 e. The van der Waals surface area contributed by atoms with Crippen LogP contribution >= 0.6 is 0 Å². The summed E-state index contributed by atoms with van der Waals surface area (Å²) in [6.45, 7) is 4.59. The van der Waals surface area contributed by atoms with Crippen molar-refractivity contribution < 1.29 is 0 Å². The molecule has 0 N–H and O–H groups in total. The van der Waals surface area contributed by atoms with Crippen LogP contribution in [0.25, 0.3) is 0 Å². The van der Waals surface area contributed by atoms with Crippen LogP contribution in [0, 0.1) is 0 Å². The maximum Gasteiger partial charge on any atom is -0.0351 e. The molecule has 0 spiro atoms. The predicted octanol–water partition coefficient (Wildman–Crippen LogP) is 11.3. The molecule has 0 rings (SSSR count). The highest BCUT2D eigenvalue weighted by molar-refractivity contribution is 4.81. The molecule has 0 unspecified atom stereocenters. The molecular formula is C29H58. The third-order valence-corrected chi connectivity index (χ3v) is 6.37. The fourth-order valence-corrected chi connectivity index (χ4v) is 4.27. The fraction of sp³-hybridized carbons (Fsp3) is 0.931. The molecule has 0 bridgehead atoms. The van der Waals surface area contributed by atoms with Gasteiger partial charge < -0.3 is 0 Å². The molecule has 0 heteroatoms. The molecule has 0 fully saturated rings. The molecule has 0 saturated carbocycles. The van der Waals surface area contributed by atoms with Gasteiger partial charge >= 0.3 is 0 Å². The van der Waals surface area contributed by atoms with Crippen molar-refractivity contribution in [2.75, 3.05) is 0 Å². The molecule has 0 aliphatic carbocycles. The molecule has 0 aliphatic rings. The van der Waals surface area contributed by atoms with E-state index in [2.05, 4.69) is 26.0 Å². The van der Waals surface area contributed by atoms with Gasteiger partial charge in [-0.2, -0.15) is 0 Å². The summed E-state index contributed by atoms with van der Waals surface area (Å²) in [5.74, 6) is 0. The van der Waals surface area contributed by atoms with Gasteiger partial charge in [0.1, 0.15) is 0 Å². The predicted molar refractivity (Wildman–Crippen MR) is 136 cm³/mol. The standard InChI is InChI=1S/C29H58/c1-3-5-7-9-11-13-15-17-19-21-23-25-27-29-28-26-24-22-20-18-16-14-12-10-8-6-4-2/h15,17H,3-14,16,18-29H2,1-2H3. The van der Waals surface area contributed by atoms with Gasteiger partial charge in [-0.25, -0.2) is 0 Å². The van der Waals surface area contributed by atoms with Crippen LogP contribution in [0.1, 0.15) is 174 Å². The first-order valence-corrected chi connectivity index (χ1v) is 14.1. The summed E-state index contributed by atoms with van der Waals surface area (Å²) in [5, 5.41) is 0. The van der Waals surface area contributed by atoms with E-state index in [1.165, 1.54) is 161 Å². The first-order valence-electron chi connectivity index (χ1n) is 14.1. The molecule has 0 aliphatic heterocycles. The summed E-state index contributed by atoms with van der Waals surface area (Å²) in [6.07, 6.45) is 40.9. The van der Waals surface area contributed by atoms with Crippen molar-refractivity contribution in [1.29, 1.82) is 0 Å². The Balaban J connectivity index is 3.03. The topological polar surface area (TPSA) is 0 Å². The SMILES string of the molecule is CCCCCCCC=CCCCCCCCCCCCCCCCCCCCC. The van der Waals surface area contributed by atoms with Crippen LogP contribution in [0.15, 0.2) is 12.2 Å². The van der Waals surface area contributed by atoms with E-state index in [0.717, 1.165) is 0 Å². The molecule has 0 aromatic carbocycles. The maximum atomic E-state index is 2.44. The second-order valence-electron chi connectivity index (χ2n) is 9.47. The number of rotatable bonds is 25. The van der Waals surface area contributed by atoms with E-state index in [1.807, 2.05) is 0 Å². The van der Waals surface area contributed by atoms with Crippen molar-refractivity contribution in [2.45, 2.75) is 174 Å². The monoisotopic (exact) mass is 406 g/mol. The lowest BCUT2D eigenvalue weighted by molar-refractivity contribution is 0.525. The van der Waals surface area contributed by atoms with Gasteiger partial charge in [0.25, 0.3) is 0 Å². The lowest BCUT2D eigenvalue weighted by Gasteiger charge is -2.03. The minimum atomic E-state index is 1.31. The molecule has 0 aromatic rings. The molecule has 0 heterocycles. The number of allylic oxidation sites excluding steroid dienone is 2. The Hall–Kier alpha value is -0.260. The molecular weight excluding hydrogens is 348 g/mol. The number of hydrogen-bond acceptors (Lipinski definition) is 0. The van der Waals surface area contributed by atoms with Crippen LogP contribution < -0.4 is 0 Å². The Labute approximate surface area is 186 Å². The Kier molecular flexibility index (Phi) is 27.5. The Morgan fingerprint density at radius 3 is 0.724 bits per heavy atom. The molecule has 0 atom stereocenters. The van der Waals surface area contributed by atoms with Crippen molar-refractivity contribution in [3.8, 4) is 0 Å². The zero-order valence-corrected chi connectivity index (χ0v) is 20.8. The first-order chi connectivity index (χ1) is 14.4. The average Bonchev–Trinajstić information content (AvgIpc) is 2.74. The van der Waals surface area contributed by atoms with E-state index in [0.29, 0.717) is 0 Å². The zero-order chi connectivity index (χ0) is 21.1. The van der Waals surface area contributed by atoms with Crippen LogP contribution in [-0.4, -0.2) is 0 Å². The molecule has 0 nitrogen and oxygen atoms in total. The third kappa shape index (κ3) is 27.7. The Bertz CT molecular complexity index is 290. The van der Waals surface area contributed by atoms with Crippen molar-refractivity contribution >= 4 is 0 Å². The van der Waals surface area contributed by atoms with Gasteiger partial charge in [0.05, 0.1) is 0 Å². The molecule has 0 saturated heterocycles. The van der Waals surface area contributed by atoms with Crippen molar-refractivity contribution in [1.82, 2.24) is 0 Å². The van der Waals surface area contributed by atoms with Gasteiger partial charge in [0, 0.05) is 0 Å². The summed E-state index contributed by atoms with van der Waals surface area (Å²) in [4.78, 5) is 0. The van der Waals surface area contributed by atoms with Gasteiger partial charge in [-0.15, -0.1) is 0 Å². The van der Waals surface area contributed by atoms with Crippen molar-refractivity contribution in [2.24, 2.45) is 0 Å². The summed E-state index contributed by atoms with van der Waals surface area (Å²) in [5.41, 5.74) is 0. The van der Waals surface area contributed by atoms with Gasteiger partial charge in [0.2, 0.25) is 0 Å². The summed E-state index contributed by atoms with van der Waals surface area (Å²) < 4.78 is 0. The fourth-order valence-electron chi connectivity index (χ4n) is 4.27. The van der Waals surface area contributed by atoms with E-state index in [9.17, 15) is 0 Å². The zero-order valence-electron chi connectivity index (χ0n) is 20.8. The van der Waals surface area contributed by atoms with Crippen molar-refractivity contribution in [3.63, 3.8) is 0 Å². The second kappa shape index (κ2) is 27.7. The highest BCUT2D eigenvalue weighted by atomic mass is 14.0. The van der Waals surface area contributed by atoms with Crippen LogP contribution in [0.5, 0.6) is 0 Å². The third-order valence-electron chi connectivity index (χ3n) is 6.37. The highest BCUT2D eigenvalue weighted by Crippen LogP contribution is 2.14. The van der Waals surface area contributed by atoms with Gasteiger partial charge in [0.15, 0.2) is 0 Å². The first kappa shape index (κ1) is 28.7. The average molecular weight is 407 g/mol. The van der Waals surface area contributed by atoms with Gasteiger partial charge in [-0.05, 0) is 25.7 Å². The molecule has 174 valence electrons. The summed E-state index contributed by atoms with van der Waals surface area (Å²) >= 11 is 0. The maximum absolute atomic E-state index is 2.44. The van der Waals surface area contributed by atoms with E-state index in [-0.39, 0.29) is 0 Å². The largest absolute Gasteiger partial charge is 0.0885 e. The quantitative estimate of drug-likeness (QED) is 0.104. The van der Waals surface area contributed by atoms with E-state index >= 15 is 0 Å². The summed E-state index contributed by atoms with van der Waals surface area (Å²) in [7, 11) is 0. The lowest BCUT2D eigenvalue weighted by Crippen LogP contribution is -1.84.